The average Bonchev–Trinajstić information content (AvgIpc) is 2.75. The highest BCUT2D eigenvalue weighted by atomic mass is 79.9. The summed E-state index contributed by atoms with van der Waals surface area (Å²) in [5.41, 5.74) is 1.41. The monoisotopic (exact) mass is 285 g/mol. The first kappa shape index (κ1) is 10.5. The number of ketones is 1. The summed E-state index contributed by atoms with van der Waals surface area (Å²) in [5, 5.41) is 5.81. The van der Waals surface area contributed by atoms with Crippen LogP contribution in [0.25, 0.3) is 0 Å². The summed E-state index contributed by atoms with van der Waals surface area (Å²) < 4.78 is 6.48. The first-order valence-electron chi connectivity index (χ1n) is 4.27. The van der Waals surface area contributed by atoms with E-state index in [-0.39, 0.29) is 5.78 Å². The van der Waals surface area contributed by atoms with Crippen molar-refractivity contribution in [3.63, 3.8) is 0 Å². The third-order valence-electron chi connectivity index (χ3n) is 1.91. The van der Waals surface area contributed by atoms with Crippen molar-refractivity contribution in [1.29, 1.82) is 0 Å². The number of hydrogen-bond acceptors (Lipinski definition) is 4. The molecule has 2 rings (SSSR count). The Morgan fingerprint density at radius 1 is 1.67 bits per heavy atom. The Morgan fingerprint density at radius 3 is 3.00 bits per heavy atom. The summed E-state index contributed by atoms with van der Waals surface area (Å²) in [6.45, 7) is 0. The number of carbonyl (C=O) groups excluding carboxylic acids is 1. The Hall–Kier alpha value is -1.01. The second-order valence-corrected chi connectivity index (χ2v) is 4.62. The lowest BCUT2D eigenvalue weighted by Crippen LogP contribution is -2.03. The van der Waals surface area contributed by atoms with Gasteiger partial charge < -0.3 is 0 Å². The summed E-state index contributed by atoms with van der Waals surface area (Å²) in [4.78, 5) is 11.8. The third kappa shape index (κ3) is 2.32. The lowest BCUT2D eigenvalue weighted by Gasteiger charge is -1.94. The van der Waals surface area contributed by atoms with Gasteiger partial charge in [0.2, 0.25) is 0 Å². The fraction of sp³-hybridized carbons (Fsp3) is 0.222. The molecule has 0 aliphatic rings. The van der Waals surface area contributed by atoms with E-state index in [1.165, 1.54) is 11.5 Å². The molecule has 15 heavy (non-hydrogen) atoms. The van der Waals surface area contributed by atoms with Gasteiger partial charge in [-0.1, -0.05) is 0 Å². The molecule has 2 heterocycles. The van der Waals surface area contributed by atoms with Crippen molar-refractivity contribution in [2.24, 2.45) is 7.05 Å². The maximum Gasteiger partial charge on any atom is 0.187 e. The molecular formula is C9H8BrN3OS. The standard InChI is InChI=1S/C9H8BrN3OS/c1-13-4-6(3-11-13)2-8(14)9-7(10)5-15-12-9/h3-5H,2H2,1H3. The Morgan fingerprint density at radius 2 is 2.47 bits per heavy atom. The van der Waals surface area contributed by atoms with Crippen LogP contribution in [0.3, 0.4) is 0 Å². The molecule has 6 heteroatoms. The van der Waals surface area contributed by atoms with Crippen LogP contribution in [0, 0.1) is 0 Å². The zero-order chi connectivity index (χ0) is 10.8. The molecule has 4 nitrogen and oxygen atoms in total. The Balaban J connectivity index is 2.14. The van der Waals surface area contributed by atoms with Gasteiger partial charge >= 0.3 is 0 Å². The highest BCUT2D eigenvalue weighted by molar-refractivity contribution is 9.10. The smallest absolute Gasteiger partial charge is 0.187 e. The van der Waals surface area contributed by atoms with E-state index in [4.69, 9.17) is 0 Å². The quantitative estimate of drug-likeness (QED) is 0.811. The number of aromatic nitrogens is 3. The molecule has 0 unspecified atom stereocenters. The predicted molar refractivity (Wildman–Crippen MR) is 61.1 cm³/mol. The minimum Gasteiger partial charge on any atom is -0.292 e. The van der Waals surface area contributed by atoms with Gasteiger partial charge in [0.15, 0.2) is 5.78 Å². The highest BCUT2D eigenvalue weighted by Crippen LogP contribution is 2.19. The van der Waals surface area contributed by atoms with Crippen molar-refractivity contribution in [2.75, 3.05) is 0 Å². The average molecular weight is 286 g/mol. The van der Waals surface area contributed by atoms with Crippen LogP contribution in [0.2, 0.25) is 0 Å². The molecule has 0 N–H and O–H groups in total. The molecule has 0 spiro atoms. The maximum absolute atomic E-state index is 11.8. The molecule has 0 saturated carbocycles. The van der Waals surface area contributed by atoms with E-state index in [0.717, 1.165) is 10.0 Å². The molecule has 0 amide bonds. The number of nitrogens with zero attached hydrogens (tertiary/aromatic N) is 3. The third-order valence-corrected chi connectivity index (χ3v) is 3.45. The molecule has 0 saturated heterocycles. The van der Waals surface area contributed by atoms with Gasteiger partial charge in [0.05, 0.1) is 10.7 Å². The number of Topliss-reactive ketones (excluding diaryl/α,β-unsaturated/α-hetero) is 1. The van der Waals surface area contributed by atoms with Gasteiger partial charge in [-0.05, 0) is 33.0 Å². The number of rotatable bonds is 3. The van der Waals surface area contributed by atoms with Gasteiger partial charge in [0.1, 0.15) is 5.69 Å². The number of carbonyl (C=O) groups is 1. The SMILES string of the molecule is Cn1cc(CC(=O)c2nscc2Br)cn1. The van der Waals surface area contributed by atoms with Gasteiger partial charge in [0.25, 0.3) is 0 Å². The Bertz CT molecular complexity index is 491. The summed E-state index contributed by atoms with van der Waals surface area (Å²) in [6.07, 6.45) is 3.87. The number of aryl methyl sites for hydroxylation is 1. The van der Waals surface area contributed by atoms with Gasteiger partial charge in [-0.3, -0.25) is 9.48 Å². The summed E-state index contributed by atoms with van der Waals surface area (Å²) in [7, 11) is 1.83. The van der Waals surface area contributed by atoms with E-state index in [9.17, 15) is 4.79 Å². The fourth-order valence-electron chi connectivity index (χ4n) is 1.24. The van der Waals surface area contributed by atoms with Crippen LogP contribution in [0.1, 0.15) is 16.1 Å². The number of hydrogen-bond donors (Lipinski definition) is 0. The van der Waals surface area contributed by atoms with E-state index in [2.05, 4.69) is 25.4 Å². The molecule has 0 bridgehead atoms. The normalized spacial score (nSPS) is 10.5. The molecule has 0 aliphatic heterocycles. The van der Waals surface area contributed by atoms with Gasteiger partial charge in [-0.25, -0.2) is 0 Å². The Kier molecular flexibility index (Phi) is 2.97. The lowest BCUT2D eigenvalue weighted by atomic mass is 10.1. The number of halogens is 1. The second kappa shape index (κ2) is 4.24. The van der Waals surface area contributed by atoms with Crippen LogP contribution in [0.4, 0.5) is 0 Å². The van der Waals surface area contributed by atoms with E-state index < -0.39 is 0 Å². The molecule has 2 aromatic heterocycles. The highest BCUT2D eigenvalue weighted by Gasteiger charge is 2.14. The molecule has 0 aromatic carbocycles. The van der Waals surface area contributed by atoms with Crippen molar-refractivity contribution < 1.29 is 4.79 Å². The lowest BCUT2D eigenvalue weighted by molar-refractivity contribution is 0.0988. The summed E-state index contributed by atoms with van der Waals surface area (Å²) in [5.74, 6) is 0.0103. The second-order valence-electron chi connectivity index (χ2n) is 3.13. The van der Waals surface area contributed by atoms with Gasteiger partial charge in [0, 0.05) is 25.0 Å². The van der Waals surface area contributed by atoms with E-state index in [0.29, 0.717) is 12.1 Å². The van der Waals surface area contributed by atoms with Crippen molar-refractivity contribution in [3.8, 4) is 0 Å². The van der Waals surface area contributed by atoms with Crippen molar-refractivity contribution >= 4 is 33.2 Å². The summed E-state index contributed by atoms with van der Waals surface area (Å²) in [6, 6.07) is 0. The largest absolute Gasteiger partial charge is 0.292 e. The molecule has 0 aliphatic carbocycles. The molecule has 0 atom stereocenters. The van der Waals surface area contributed by atoms with E-state index in [1.54, 1.807) is 16.3 Å². The predicted octanol–water partition coefficient (Wildman–Crippen LogP) is 2.06. The van der Waals surface area contributed by atoms with Crippen LogP contribution in [-0.4, -0.2) is 19.9 Å². The minimum atomic E-state index is 0.0103. The van der Waals surface area contributed by atoms with Crippen LogP contribution >= 0.6 is 27.5 Å². The van der Waals surface area contributed by atoms with Crippen LogP contribution in [0.5, 0.6) is 0 Å². The molecule has 0 fully saturated rings. The van der Waals surface area contributed by atoms with Crippen LogP contribution in [0.15, 0.2) is 22.2 Å². The topological polar surface area (TPSA) is 47.8 Å². The molecule has 2 aromatic rings. The van der Waals surface area contributed by atoms with Crippen molar-refractivity contribution in [2.45, 2.75) is 6.42 Å². The fourth-order valence-corrected chi connectivity index (χ4v) is 2.48. The van der Waals surface area contributed by atoms with Crippen LogP contribution < -0.4 is 0 Å². The Labute approximate surface area is 99.2 Å². The molecule has 0 radical (unpaired) electrons. The summed E-state index contributed by atoms with van der Waals surface area (Å²) >= 11 is 4.56. The van der Waals surface area contributed by atoms with Gasteiger partial charge in [-0.15, -0.1) is 0 Å². The molecular weight excluding hydrogens is 278 g/mol. The zero-order valence-corrected chi connectivity index (χ0v) is 10.4. The van der Waals surface area contributed by atoms with Crippen LogP contribution in [-0.2, 0) is 13.5 Å². The first-order chi connectivity index (χ1) is 7.16. The minimum absolute atomic E-state index is 0.0103. The van der Waals surface area contributed by atoms with Crippen molar-refractivity contribution in [1.82, 2.24) is 14.2 Å². The first-order valence-corrected chi connectivity index (χ1v) is 5.90. The van der Waals surface area contributed by atoms with Gasteiger partial charge in [-0.2, -0.15) is 9.47 Å². The van der Waals surface area contributed by atoms with E-state index >= 15 is 0 Å². The van der Waals surface area contributed by atoms with Crippen molar-refractivity contribution in [3.05, 3.63) is 33.5 Å². The van der Waals surface area contributed by atoms with E-state index in [1.807, 2.05) is 13.2 Å². The molecule has 78 valence electrons. The maximum atomic E-state index is 11.8. The zero-order valence-electron chi connectivity index (χ0n) is 7.98.